The van der Waals surface area contributed by atoms with E-state index in [1.54, 1.807) is 6.92 Å². The first-order chi connectivity index (χ1) is 4.63. The lowest BCUT2D eigenvalue weighted by atomic mass is 10.1. The summed E-state index contributed by atoms with van der Waals surface area (Å²) in [6.45, 7) is 4.95. The summed E-state index contributed by atoms with van der Waals surface area (Å²) >= 11 is 3.78. The van der Waals surface area contributed by atoms with Gasteiger partial charge in [0.15, 0.2) is 6.17 Å². The zero-order chi connectivity index (χ0) is 8.15. The van der Waals surface area contributed by atoms with E-state index < -0.39 is 12.3 Å². The number of alkyl halides is 2. The highest BCUT2D eigenvalue weighted by atomic mass is 32.1. The number of rotatable bonds is 4. The second kappa shape index (κ2) is 4.72. The Hall–Kier alpha value is -0.0500. The first-order valence-electron chi connectivity index (χ1n) is 3.20. The first-order valence-corrected chi connectivity index (χ1v) is 3.83. The molecule has 0 N–H and O–H groups in total. The summed E-state index contributed by atoms with van der Waals surface area (Å²) in [5.41, 5.74) is 0.220. The quantitative estimate of drug-likeness (QED) is 0.481. The molecule has 0 amide bonds. The molecule has 0 bridgehead atoms. The van der Waals surface area contributed by atoms with Gasteiger partial charge in [-0.05, 0) is 12.0 Å². The van der Waals surface area contributed by atoms with Gasteiger partial charge in [-0.25, -0.2) is 8.78 Å². The molecule has 0 aromatic heterocycles. The van der Waals surface area contributed by atoms with Crippen molar-refractivity contribution < 1.29 is 8.78 Å². The third-order valence-corrected chi connectivity index (χ3v) is 1.71. The monoisotopic (exact) mass is 166 g/mol. The molecule has 0 aromatic rings. The highest BCUT2D eigenvalue weighted by Crippen LogP contribution is 2.15. The zero-order valence-corrected chi connectivity index (χ0v) is 6.87. The summed E-state index contributed by atoms with van der Waals surface area (Å²) < 4.78 is 25.2. The van der Waals surface area contributed by atoms with Crippen molar-refractivity contribution in [3.63, 3.8) is 0 Å². The number of halogens is 2. The minimum Gasteiger partial charge on any atom is -0.244 e. The highest BCUT2D eigenvalue weighted by molar-refractivity contribution is 7.80. The van der Waals surface area contributed by atoms with Crippen molar-refractivity contribution in [1.82, 2.24) is 0 Å². The standard InChI is InChI=1S/C7H12F2S/c1-3-6(8)7(9)5(2)4-10/h6-7,10H,2-4H2,1H3. The predicted molar refractivity (Wildman–Crippen MR) is 43.1 cm³/mol. The van der Waals surface area contributed by atoms with Gasteiger partial charge in [0.1, 0.15) is 6.17 Å². The summed E-state index contributed by atoms with van der Waals surface area (Å²) in [5, 5.41) is 0. The second-order valence-corrected chi connectivity index (χ2v) is 2.46. The van der Waals surface area contributed by atoms with Crippen molar-refractivity contribution >= 4 is 12.6 Å². The van der Waals surface area contributed by atoms with E-state index in [2.05, 4.69) is 19.2 Å². The molecule has 0 radical (unpaired) electrons. The minimum atomic E-state index is -1.54. The molecule has 0 saturated carbocycles. The van der Waals surface area contributed by atoms with E-state index in [1.807, 2.05) is 0 Å². The molecule has 0 aliphatic heterocycles. The minimum absolute atomic E-state index is 0.188. The Labute approximate surface area is 65.7 Å². The molecule has 0 nitrogen and oxygen atoms in total. The number of hydrogen-bond acceptors (Lipinski definition) is 1. The fraction of sp³-hybridized carbons (Fsp3) is 0.714. The molecule has 3 heteroatoms. The van der Waals surface area contributed by atoms with Crippen LogP contribution in [0.5, 0.6) is 0 Å². The van der Waals surface area contributed by atoms with E-state index in [1.165, 1.54) is 0 Å². The lowest BCUT2D eigenvalue weighted by Crippen LogP contribution is -2.18. The lowest BCUT2D eigenvalue weighted by molar-refractivity contribution is 0.191. The highest BCUT2D eigenvalue weighted by Gasteiger charge is 2.19. The normalized spacial score (nSPS) is 16.4. The van der Waals surface area contributed by atoms with Crippen LogP contribution in [0.1, 0.15) is 13.3 Å². The fourth-order valence-corrected chi connectivity index (χ4v) is 0.724. The summed E-state index contributed by atoms with van der Waals surface area (Å²) in [4.78, 5) is 0. The van der Waals surface area contributed by atoms with Gasteiger partial charge in [-0.3, -0.25) is 0 Å². The maximum absolute atomic E-state index is 12.7. The number of thiol groups is 1. The van der Waals surface area contributed by atoms with Crippen molar-refractivity contribution in [1.29, 1.82) is 0 Å². The topological polar surface area (TPSA) is 0 Å². The van der Waals surface area contributed by atoms with E-state index in [9.17, 15) is 8.78 Å². The molecule has 10 heavy (non-hydrogen) atoms. The van der Waals surface area contributed by atoms with Gasteiger partial charge in [0.05, 0.1) is 0 Å². The molecule has 2 atom stereocenters. The van der Waals surface area contributed by atoms with Crippen LogP contribution in [0.15, 0.2) is 12.2 Å². The van der Waals surface area contributed by atoms with E-state index in [4.69, 9.17) is 0 Å². The molecule has 2 unspecified atom stereocenters. The fourth-order valence-electron chi connectivity index (χ4n) is 0.550. The molecule has 0 saturated heterocycles. The first kappa shape index (κ1) is 9.95. The molecule has 0 aromatic carbocycles. The van der Waals surface area contributed by atoms with Crippen molar-refractivity contribution in [2.75, 3.05) is 5.75 Å². The Kier molecular flexibility index (Phi) is 4.69. The summed E-state index contributed by atoms with van der Waals surface area (Å²) in [7, 11) is 0. The smallest absolute Gasteiger partial charge is 0.153 e. The van der Waals surface area contributed by atoms with Crippen LogP contribution in [-0.4, -0.2) is 18.1 Å². The van der Waals surface area contributed by atoms with Gasteiger partial charge < -0.3 is 0 Å². The van der Waals surface area contributed by atoms with Crippen LogP contribution in [0.4, 0.5) is 8.78 Å². The van der Waals surface area contributed by atoms with Crippen LogP contribution in [0, 0.1) is 0 Å². The van der Waals surface area contributed by atoms with Crippen LogP contribution < -0.4 is 0 Å². The maximum atomic E-state index is 12.7. The van der Waals surface area contributed by atoms with Crippen LogP contribution in [-0.2, 0) is 0 Å². The van der Waals surface area contributed by atoms with Crippen molar-refractivity contribution in [2.24, 2.45) is 0 Å². The molecule has 0 aliphatic rings. The van der Waals surface area contributed by atoms with Crippen molar-refractivity contribution in [2.45, 2.75) is 25.7 Å². The van der Waals surface area contributed by atoms with E-state index in [0.29, 0.717) is 0 Å². The predicted octanol–water partition coefficient (Wildman–Crippen LogP) is 2.56. The molecule has 60 valence electrons. The zero-order valence-electron chi connectivity index (χ0n) is 5.98. The Morgan fingerprint density at radius 1 is 1.60 bits per heavy atom. The third kappa shape index (κ3) is 2.69. The largest absolute Gasteiger partial charge is 0.244 e. The summed E-state index contributed by atoms with van der Waals surface area (Å²) in [5.74, 6) is 0.210. The van der Waals surface area contributed by atoms with Gasteiger partial charge in [0.2, 0.25) is 0 Å². The summed E-state index contributed by atoms with van der Waals surface area (Å²) in [6.07, 6.45) is -2.77. The molecule has 0 aliphatic carbocycles. The van der Waals surface area contributed by atoms with Gasteiger partial charge in [0, 0.05) is 5.75 Å². The molecule has 0 rings (SSSR count). The Morgan fingerprint density at radius 3 is 2.40 bits per heavy atom. The molecule has 0 spiro atoms. The Bertz CT molecular complexity index is 114. The van der Waals surface area contributed by atoms with E-state index >= 15 is 0 Å². The third-order valence-electron chi connectivity index (χ3n) is 1.30. The number of hydrogen-bond donors (Lipinski definition) is 1. The summed E-state index contributed by atoms with van der Waals surface area (Å²) in [6, 6.07) is 0. The molecule has 0 fully saturated rings. The van der Waals surface area contributed by atoms with Crippen LogP contribution >= 0.6 is 12.6 Å². The average molecular weight is 166 g/mol. The molecular weight excluding hydrogens is 154 g/mol. The molecule has 0 heterocycles. The maximum Gasteiger partial charge on any atom is 0.153 e. The Morgan fingerprint density at radius 2 is 2.10 bits per heavy atom. The van der Waals surface area contributed by atoms with Gasteiger partial charge in [0.25, 0.3) is 0 Å². The van der Waals surface area contributed by atoms with Crippen molar-refractivity contribution in [3.05, 3.63) is 12.2 Å². The van der Waals surface area contributed by atoms with Gasteiger partial charge in [-0.2, -0.15) is 12.6 Å². The van der Waals surface area contributed by atoms with E-state index in [0.717, 1.165) is 0 Å². The Balaban J connectivity index is 3.81. The van der Waals surface area contributed by atoms with Gasteiger partial charge in [-0.15, -0.1) is 0 Å². The van der Waals surface area contributed by atoms with Crippen LogP contribution in [0.25, 0.3) is 0 Å². The van der Waals surface area contributed by atoms with Crippen LogP contribution in [0.3, 0.4) is 0 Å². The van der Waals surface area contributed by atoms with E-state index in [-0.39, 0.29) is 17.7 Å². The van der Waals surface area contributed by atoms with Crippen LogP contribution in [0.2, 0.25) is 0 Å². The molecular formula is C7H12F2S. The van der Waals surface area contributed by atoms with Gasteiger partial charge >= 0.3 is 0 Å². The second-order valence-electron chi connectivity index (χ2n) is 2.14. The SMILES string of the molecule is C=C(CS)C(F)C(F)CC. The lowest BCUT2D eigenvalue weighted by Gasteiger charge is -2.11. The van der Waals surface area contributed by atoms with Crippen molar-refractivity contribution in [3.8, 4) is 0 Å². The van der Waals surface area contributed by atoms with Gasteiger partial charge in [-0.1, -0.05) is 13.5 Å². The average Bonchev–Trinajstić information content (AvgIpc) is 2.00.